The molecule has 1 aliphatic heterocycles. The summed E-state index contributed by atoms with van der Waals surface area (Å²) in [5.74, 6) is 0.884. The molecule has 0 aliphatic carbocycles. The number of benzene rings is 1. The molecule has 0 aromatic heterocycles. The number of nitrogens with zero attached hydrogens (tertiary/aromatic N) is 3. The van der Waals surface area contributed by atoms with Crippen molar-refractivity contribution in [3.05, 3.63) is 35.9 Å². The van der Waals surface area contributed by atoms with Crippen LogP contribution in [-0.2, 0) is 4.74 Å². The monoisotopic (exact) mass is 375 g/mol. The third-order valence-electron chi connectivity index (χ3n) is 4.84. The van der Waals surface area contributed by atoms with E-state index >= 15 is 0 Å². The SMILES string of the molecule is CCNC(=NCCCN1CCN(C)CC1c1ccccc1)NCCOCC. The van der Waals surface area contributed by atoms with Gasteiger partial charge in [0.1, 0.15) is 0 Å². The molecule has 1 aliphatic rings. The normalized spacial score (nSPS) is 19.2. The van der Waals surface area contributed by atoms with Gasteiger partial charge in [-0.15, -0.1) is 0 Å². The summed E-state index contributed by atoms with van der Waals surface area (Å²) in [4.78, 5) is 9.75. The Morgan fingerprint density at radius 2 is 2.00 bits per heavy atom. The van der Waals surface area contributed by atoms with E-state index < -0.39 is 0 Å². The lowest BCUT2D eigenvalue weighted by atomic mass is 10.0. The topological polar surface area (TPSA) is 52.1 Å². The van der Waals surface area contributed by atoms with Gasteiger partial charge in [-0.25, -0.2) is 0 Å². The summed E-state index contributed by atoms with van der Waals surface area (Å²) in [5.41, 5.74) is 1.42. The number of hydrogen-bond acceptors (Lipinski definition) is 4. The van der Waals surface area contributed by atoms with E-state index in [0.717, 1.165) is 64.8 Å². The van der Waals surface area contributed by atoms with E-state index in [9.17, 15) is 0 Å². The van der Waals surface area contributed by atoms with Crippen molar-refractivity contribution < 1.29 is 4.74 Å². The van der Waals surface area contributed by atoms with Gasteiger partial charge < -0.3 is 20.3 Å². The minimum atomic E-state index is 0.478. The third-order valence-corrected chi connectivity index (χ3v) is 4.84. The van der Waals surface area contributed by atoms with Gasteiger partial charge in [-0.2, -0.15) is 0 Å². The number of guanidine groups is 1. The smallest absolute Gasteiger partial charge is 0.191 e. The molecule has 0 amide bonds. The molecule has 0 radical (unpaired) electrons. The average Bonchev–Trinajstić information content (AvgIpc) is 2.70. The van der Waals surface area contributed by atoms with Crippen LogP contribution >= 0.6 is 0 Å². The quantitative estimate of drug-likeness (QED) is 0.372. The molecule has 1 aromatic carbocycles. The van der Waals surface area contributed by atoms with Gasteiger partial charge in [-0.3, -0.25) is 9.89 Å². The molecule has 2 rings (SSSR count). The fraction of sp³-hybridized carbons (Fsp3) is 0.667. The lowest BCUT2D eigenvalue weighted by molar-refractivity contribution is 0.0894. The van der Waals surface area contributed by atoms with Crippen molar-refractivity contribution in [3.63, 3.8) is 0 Å². The van der Waals surface area contributed by atoms with Gasteiger partial charge in [0.05, 0.1) is 6.61 Å². The Labute approximate surface area is 165 Å². The maximum Gasteiger partial charge on any atom is 0.191 e. The first kappa shape index (κ1) is 21.7. The summed E-state index contributed by atoms with van der Waals surface area (Å²) < 4.78 is 5.37. The molecule has 0 bridgehead atoms. The molecule has 1 unspecified atom stereocenters. The summed E-state index contributed by atoms with van der Waals surface area (Å²) in [7, 11) is 2.22. The van der Waals surface area contributed by atoms with Crippen molar-refractivity contribution in [2.45, 2.75) is 26.3 Å². The second-order valence-electron chi connectivity index (χ2n) is 6.96. The predicted molar refractivity (Wildman–Crippen MR) is 113 cm³/mol. The van der Waals surface area contributed by atoms with Crippen molar-refractivity contribution in [1.29, 1.82) is 0 Å². The van der Waals surface area contributed by atoms with E-state index in [4.69, 9.17) is 9.73 Å². The van der Waals surface area contributed by atoms with Crippen LogP contribution in [0.25, 0.3) is 0 Å². The Kier molecular flexibility index (Phi) is 10.2. The highest BCUT2D eigenvalue weighted by Crippen LogP contribution is 2.24. The first-order valence-electron chi connectivity index (χ1n) is 10.3. The number of rotatable bonds is 10. The van der Waals surface area contributed by atoms with Crippen molar-refractivity contribution in [1.82, 2.24) is 20.4 Å². The summed E-state index contributed by atoms with van der Waals surface area (Å²) in [6.45, 7) is 12.5. The zero-order chi connectivity index (χ0) is 19.3. The van der Waals surface area contributed by atoms with Gasteiger partial charge in [0.2, 0.25) is 0 Å². The standard InChI is InChI=1S/C21H37N5O/c1-4-22-21(24-13-17-27-5-2)23-12-9-14-26-16-15-25(3)18-20(26)19-10-7-6-8-11-19/h6-8,10-11,20H,4-5,9,12-18H2,1-3H3,(H2,22,23,24). The van der Waals surface area contributed by atoms with Gasteiger partial charge in [0.25, 0.3) is 0 Å². The van der Waals surface area contributed by atoms with Gasteiger partial charge >= 0.3 is 0 Å². The molecule has 1 heterocycles. The molecule has 27 heavy (non-hydrogen) atoms. The molecule has 0 spiro atoms. The second-order valence-corrected chi connectivity index (χ2v) is 6.96. The molecule has 6 heteroatoms. The number of hydrogen-bond donors (Lipinski definition) is 2. The van der Waals surface area contributed by atoms with Crippen molar-refractivity contribution in [3.8, 4) is 0 Å². The van der Waals surface area contributed by atoms with E-state index in [1.165, 1.54) is 5.56 Å². The Hall–Kier alpha value is -1.63. The largest absolute Gasteiger partial charge is 0.380 e. The fourth-order valence-corrected chi connectivity index (χ4v) is 3.41. The lowest BCUT2D eigenvalue weighted by Gasteiger charge is -2.40. The highest BCUT2D eigenvalue weighted by molar-refractivity contribution is 5.79. The lowest BCUT2D eigenvalue weighted by Crippen LogP contribution is -2.47. The maximum absolute atomic E-state index is 5.37. The number of nitrogens with one attached hydrogen (secondary N) is 2. The Balaban J connectivity index is 1.82. The number of aliphatic imine (C=N–C) groups is 1. The molecule has 0 saturated carbocycles. The van der Waals surface area contributed by atoms with Gasteiger partial charge in [-0.1, -0.05) is 30.3 Å². The summed E-state index contributed by atoms with van der Waals surface area (Å²) >= 11 is 0. The van der Waals surface area contributed by atoms with Crippen LogP contribution in [-0.4, -0.2) is 81.8 Å². The minimum Gasteiger partial charge on any atom is -0.380 e. The second kappa shape index (κ2) is 12.7. The van der Waals surface area contributed by atoms with E-state index in [2.05, 4.69) is 64.7 Å². The molecule has 6 nitrogen and oxygen atoms in total. The number of piperazine rings is 1. The van der Waals surface area contributed by atoms with Crippen molar-refractivity contribution >= 4 is 5.96 Å². The summed E-state index contributed by atoms with van der Waals surface area (Å²) in [6, 6.07) is 11.4. The first-order valence-corrected chi connectivity index (χ1v) is 10.3. The fourth-order valence-electron chi connectivity index (χ4n) is 3.41. The van der Waals surface area contributed by atoms with E-state index in [1.807, 2.05) is 6.92 Å². The highest BCUT2D eigenvalue weighted by atomic mass is 16.5. The zero-order valence-corrected chi connectivity index (χ0v) is 17.3. The van der Waals surface area contributed by atoms with E-state index in [0.29, 0.717) is 12.6 Å². The van der Waals surface area contributed by atoms with Crippen molar-refractivity contribution in [2.24, 2.45) is 4.99 Å². The van der Waals surface area contributed by atoms with Crippen LogP contribution in [0.1, 0.15) is 31.9 Å². The van der Waals surface area contributed by atoms with Crippen LogP contribution in [0.5, 0.6) is 0 Å². The van der Waals surface area contributed by atoms with E-state index in [1.54, 1.807) is 0 Å². The van der Waals surface area contributed by atoms with E-state index in [-0.39, 0.29) is 0 Å². The minimum absolute atomic E-state index is 0.478. The van der Waals surface area contributed by atoms with Crippen LogP contribution in [0, 0.1) is 0 Å². The molecule has 152 valence electrons. The van der Waals surface area contributed by atoms with Crippen LogP contribution in [0.15, 0.2) is 35.3 Å². The van der Waals surface area contributed by atoms with Crippen LogP contribution < -0.4 is 10.6 Å². The van der Waals surface area contributed by atoms with Crippen LogP contribution in [0.4, 0.5) is 0 Å². The Morgan fingerprint density at radius 1 is 1.19 bits per heavy atom. The highest BCUT2D eigenvalue weighted by Gasteiger charge is 2.25. The molecule has 1 atom stereocenters. The molecular weight excluding hydrogens is 338 g/mol. The zero-order valence-electron chi connectivity index (χ0n) is 17.3. The number of likely N-dealkylation sites (N-methyl/N-ethyl adjacent to an activating group) is 1. The summed E-state index contributed by atoms with van der Waals surface area (Å²) in [5, 5.41) is 6.63. The third kappa shape index (κ3) is 7.87. The van der Waals surface area contributed by atoms with Crippen LogP contribution in [0.2, 0.25) is 0 Å². The molecule has 1 fully saturated rings. The summed E-state index contributed by atoms with van der Waals surface area (Å²) in [6.07, 6.45) is 1.06. The van der Waals surface area contributed by atoms with Gasteiger partial charge in [0.15, 0.2) is 5.96 Å². The first-order chi connectivity index (χ1) is 13.2. The Bertz CT molecular complexity index is 537. The molecule has 2 N–H and O–H groups in total. The van der Waals surface area contributed by atoms with Gasteiger partial charge in [0, 0.05) is 58.5 Å². The molecular formula is C21H37N5O. The predicted octanol–water partition coefficient (Wildman–Crippen LogP) is 1.96. The molecule has 1 aromatic rings. The van der Waals surface area contributed by atoms with Gasteiger partial charge in [-0.05, 0) is 32.9 Å². The maximum atomic E-state index is 5.37. The average molecular weight is 376 g/mol. The Morgan fingerprint density at radius 3 is 2.74 bits per heavy atom. The molecule has 1 saturated heterocycles. The number of ether oxygens (including phenoxy) is 1. The van der Waals surface area contributed by atoms with Crippen LogP contribution in [0.3, 0.4) is 0 Å². The van der Waals surface area contributed by atoms with Crippen molar-refractivity contribution in [2.75, 3.05) is 66.1 Å².